The fourth-order valence-electron chi connectivity index (χ4n) is 1.22. The molecule has 0 heterocycles. The van der Waals surface area contributed by atoms with E-state index in [-0.39, 0.29) is 11.8 Å². The van der Waals surface area contributed by atoms with Gasteiger partial charge in [-0.15, -0.1) is 0 Å². The van der Waals surface area contributed by atoms with E-state index in [9.17, 15) is 9.59 Å². The third-order valence-corrected chi connectivity index (χ3v) is 2.50. The molecule has 4 nitrogen and oxygen atoms in total. The highest BCUT2D eigenvalue weighted by Gasteiger charge is 2.09. The molecule has 1 N–H and O–H groups in total. The van der Waals surface area contributed by atoms with Gasteiger partial charge in [-0.05, 0) is 13.8 Å². The molecule has 0 radical (unpaired) electrons. The molecule has 0 saturated heterocycles. The Morgan fingerprint density at radius 1 is 1.20 bits per heavy atom. The summed E-state index contributed by atoms with van der Waals surface area (Å²) in [6, 6.07) is 0. The molecule has 0 atom stereocenters. The Bertz CT molecular complexity index is 206. The fraction of sp³-hybridized carbons (Fsp3) is 0.800. The number of nitrogens with one attached hydrogen (secondary N) is 1. The van der Waals surface area contributed by atoms with Crippen LogP contribution in [-0.4, -0.2) is 41.7 Å². The van der Waals surface area contributed by atoms with Crippen LogP contribution in [0.5, 0.6) is 0 Å². The average molecular weight is 279 g/mol. The van der Waals surface area contributed by atoms with E-state index in [0.29, 0.717) is 24.7 Å². The van der Waals surface area contributed by atoms with Gasteiger partial charge in [-0.3, -0.25) is 9.59 Å². The quantitative estimate of drug-likeness (QED) is 0.711. The van der Waals surface area contributed by atoms with Gasteiger partial charge in [-0.2, -0.15) is 0 Å². The van der Waals surface area contributed by atoms with Gasteiger partial charge in [-0.1, -0.05) is 15.9 Å². The second-order valence-electron chi connectivity index (χ2n) is 3.10. The molecular formula is C10H19BrN2O2. The zero-order valence-corrected chi connectivity index (χ0v) is 11.0. The van der Waals surface area contributed by atoms with Crippen molar-refractivity contribution < 1.29 is 9.59 Å². The van der Waals surface area contributed by atoms with Gasteiger partial charge >= 0.3 is 0 Å². The first-order valence-electron chi connectivity index (χ1n) is 5.26. The zero-order chi connectivity index (χ0) is 11.7. The SMILES string of the molecule is CCN(CC)C(=O)CCNC(=O)CCBr. The third-order valence-electron chi connectivity index (χ3n) is 2.10. The minimum atomic E-state index is -0.0146. The molecule has 0 aliphatic heterocycles. The average Bonchev–Trinajstić information content (AvgIpc) is 2.20. The normalized spacial score (nSPS) is 9.80. The summed E-state index contributed by atoms with van der Waals surface area (Å²) in [5.41, 5.74) is 0. The Hall–Kier alpha value is -0.580. The first-order chi connectivity index (χ1) is 7.15. The largest absolute Gasteiger partial charge is 0.356 e. The van der Waals surface area contributed by atoms with Crippen molar-refractivity contribution >= 4 is 27.7 Å². The Labute approximate surface area is 99.5 Å². The topological polar surface area (TPSA) is 49.4 Å². The number of alkyl halides is 1. The second-order valence-corrected chi connectivity index (χ2v) is 3.90. The van der Waals surface area contributed by atoms with E-state index in [1.54, 1.807) is 4.90 Å². The maximum atomic E-state index is 11.5. The Balaban J connectivity index is 3.67. The van der Waals surface area contributed by atoms with E-state index in [2.05, 4.69) is 21.2 Å². The van der Waals surface area contributed by atoms with Crippen LogP contribution in [0.3, 0.4) is 0 Å². The number of nitrogens with zero attached hydrogens (tertiary/aromatic N) is 1. The summed E-state index contributed by atoms with van der Waals surface area (Å²) in [6.45, 7) is 5.78. The molecule has 0 aromatic carbocycles. The Morgan fingerprint density at radius 3 is 2.27 bits per heavy atom. The van der Waals surface area contributed by atoms with Gasteiger partial charge in [0.25, 0.3) is 0 Å². The molecule has 0 spiro atoms. The van der Waals surface area contributed by atoms with Crippen LogP contribution in [0.25, 0.3) is 0 Å². The van der Waals surface area contributed by atoms with Crippen LogP contribution in [0, 0.1) is 0 Å². The van der Waals surface area contributed by atoms with E-state index >= 15 is 0 Å². The molecule has 88 valence electrons. The third kappa shape index (κ3) is 6.49. The molecule has 0 aliphatic carbocycles. The van der Waals surface area contributed by atoms with Crippen LogP contribution in [0.2, 0.25) is 0 Å². The smallest absolute Gasteiger partial charge is 0.224 e. The van der Waals surface area contributed by atoms with Crippen LogP contribution < -0.4 is 5.32 Å². The molecule has 0 bridgehead atoms. The van der Waals surface area contributed by atoms with Crippen molar-refractivity contribution in [2.24, 2.45) is 0 Å². The van der Waals surface area contributed by atoms with Crippen molar-refractivity contribution in [1.29, 1.82) is 0 Å². The Kier molecular flexibility index (Phi) is 8.37. The summed E-state index contributed by atoms with van der Waals surface area (Å²) in [5, 5.41) is 3.36. The lowest BCUT2D eigenvalue weighted by atomic mass is 10.3. The number of halogens is 1. The maximum absolute atomic E-state index is 11.5. The lowest BCUT2D eigenvalue weighted by Gasteiger charge is -2.18. The van der Waals surface area contributed by atoms with Gasteiger partial charge in [0.05, 0.1) is 0 Å². The standard InChI is InChI=1S/C10H19BrN2O2/c1-3-13(4-2)10(15)6-8-12-9(14)5-7-11/h3-8H2,1-2H3,(H,12,14). The van der Waals surface area contributed by atoms with E-state index < -0.39 is 0 Å². The molecule has 0 fully saturated rings. The monoisotopic (exact) mass is 278 g/mol. The fourth-order valence-corrected chi connectivity index (χ4v) is 1.58. The highest BCUT2D eigenvalue weighted by molar-refractivity contribution is 9.09. The number of carbonyl (C=O) groups is 2. The lowest BCUT2D eigenvalue weighted by molar-refractivity contribution is -0.130. The predicted molar refractivity (Wildman–Crippen MR) is 64.0 cm³/mol. The summed E-state index contributed by atoms with van der Waals surface area (Å²) in [5.74, 6) is 0.0818. The molecule has 0 aliphatic rings. The van der Waals surface area contributed by atoms with E-state index in [4.69, 9.17) is 0 Å². The molecule has 0 saturated carbocycles. The van der Waals surface area contributed by atoms with Crippen LogP contribution >= 0.6 is 15.9 Å². The molecule has 5 heteroatoms. The van der Waals surface area contributed by atoms with Gasteiger partial charge in [0.1, 0.15) is 0 Å². The molecule has 0 unspecified atom stereocenters. The summed E-state index contributed by atoms with van der Waals surface area (Å²) in [4.78, 5) is 24.3. The number of carbonyl (C=O) groups excluding carboxylic acids is 2. The van der Waals surface area contributed by atoms with Gasteiger partial charge in [0.15, 0.2) is 0 Å². The minimum Gasteiger partial charge on any atom is -0.356 e. The molecule has 0 rings (SSSR count). The predicted octanol–water partition coefficient (Wildman–Crippen LogP) is 1.15. The van der Waals surface area contributed by atoms with Crippen molar-refractivity contribution in [3.63, 3.8) is 0 Å². The van der Waals surface area contributed by atoms with E-state index in [1.807, 2.05) is 13.8 Å². The van der Waals surface area contributed by atoms with Gasteiger partial charge in [0.2, 0.25) is 11.8 Å². The molecular weight excluding hydrogens is 260 g/mol. The van der Waals surface area contributed by atoms with Crippen LogP contribution in [0.1, 0.15) is 26.7 Å². The van der Waals surface area contributed by atoms with Crippen molar-refractivity contribution in [3.8, 4) is 0 Å². The van der Waals surface area contributed by atoms with Crippen molar-refractivity contribution in [1.82, 2.24) is 10.2 Å². The van der Waals surface area contributed by atoms with E-state index in [1.165, 1.54) is 0 Å². The number of hydrogen-bond acceptors (Lipinski definition) is 2. The lowest BCUT2D eigenvalue weighted by Crippen LogP contribution is -2.34. The highest BCUT2D eigenvalue weighted by atomic mass is 79.9. The summed E-state index contributed by atoms with van der Waals surface area (Å²) < 4.78 is 0. The van der Waals surface area contributed by atoms with Crippen molar-refractivity contribution in [3.05, 3.63) is 0 Å². The minimum absolute atomic E-state index is 0.0146. The molecule has 0 aromatic heterocycles. The van der Waals surface area contributed by atoms with Gasteiger partial charge < -0.3 is 10.2 Å². The van der Waals surface area contributed by atoms with Crippen molar-refractivity contribution in [2.75, 3.05) is 25.0 Å². The summed E-state index contributed by atoms with van der Waals surface area (Å²) in [6.07, 6.45) is 0.842. The number of amides is 2. The number of rotatable bonds is 7. The second kappa shape index (κ2) is 8.71. The molecule has 15 heavy (non-hydrogen) atoms. The van der Waals surface area contributed by atoms with E-state index in [0.717, 1.165) is 13.1 Å². The number of hydrogen-bond donors (Lipinski definition) is 1. The first kappa shape index (κ1) is 14.4. The maximum Gasteiger partial charge on any atom is 0.224 e. The van der Waals surface area contributed by atoms with Crippen LogP contribution in [0.15, 0.2) is 0 Å². The van der Waals surface area contributed by atoms with Gasteiger partial charge in [0, 0.05) is 37.8 Å². The summed E-state index contributed by atoms with van der Waals surface area (Å²) >= 11 is 3.18. The molecule has 2 amide bonds. The van der Waals surface area contributed by atoms with Crippen molar-refractivity contribution in [2.45, 2.75) is 26.7 Å². The van der Waals surface area contributed by atoms with Crippen LogP contribution in [0.4, 0.5) is 0 Å². The highest BCUT2D eigenvalue weighted by Crippen LogP contribution is 1.93. The van der Waals surface area contributed by atoms with Gasteiger partial charge in [-0.25, -0.2) is 0 Å². The zero-order valence-electron chi connectivity index (χ0n) is 9.38. The van der Waals surface area contributed by atoms with Crippen LogP contribution in [-0.2, 0) is 9.59 Å². The first-order valence-corrected chi connectivity index (χ1v) is 6.38. The Morgan fingerprint density at radius 2 is 1.80 bits per heavy atom. The molecule has 0 aromatic rings. The summed E-state index contributed by atoms with van der Waals surface area (Å²) in [7, 11) is 0.